The number of halogens is 1. The van der Waals surface area contributed by atoms with Crippen molar-refractivity contribution in [2.75, 3.05) is 5.75 Å². The average molecular weight is 352 g/mol. The van der Waals surface area contributed by atoms with Crippen LogP contribution in [0.4, 0.5) is 0 Å². The monoisotopic (exact) mass is 351 g/mol. The highest BCUT2D eigenvalue weighted by atomic mass is 35.7. The first-order valence-corrected chi connectivity index (χ1v) is 10.1. The van der Waals surface area contributed by atoms with Crippen LogP contribution in [-0.4, -0.2) is 28.7 Å². The Hall–Kier alpha value is -1.66. The number of para-hydroxylation sites is 1. The van der Waals surface area contributed by atoms with Crippen molar-refractivity contribution in [3.8, 4) is 0 Å². The molecule has 0 atom stereocenters. The number of fused-ring (bicyclic) bond motifs is 3. The second-order valence-electron chi connectivity index (χ2n) is 5.49. The number of pyridine rings is 1. The molecule has 0 radical (unpaired) electrons. The molecule has 0 aliphatic rings. The van der Waals surface area contributed by atoms with Gasteiger partial charge < -0.3 is 4.57 Å². The third-order valence-electron chi connectivity index (χ3n) is 3.89. The van der Waals surface area contributed by atoms with Gasteiger partial charge in [-0.2, -0.15) is 0 Å². The van der Waals surface area contributed by atoms with Gasteiger partial charge in [-0.25, -0.2) is 13.4 Å². The van der Waals surface area contributed by atoms with E-state index in [2.05, 4.69) is 21.5 Å². The van der Waals surface area contributed by atoms with Crippen molar-refractivity contribution in [1.82, 2.24) is 14.5 Å². The molecule has 0 spiro atoms. The van der Waals surface area contributed by atoms with E-state index in [4.69, 9.17) is 10.7 Å². The summed E-state index contributed by atoms with van der Waals surface area (Å²) < 4.78 is 24.3. The molecule has 3 aromatic rings. The summed E-state index contributed by atoms with van der Waals surface area (Å²) in [6, 6.07) is 7.99. The zero-order chi connectivity index (χ0) is 16.4. The Kier molecular flexibility index (Phi) is 4.55. The normalized spacial score (nSPS) is 12.3. The van der Waals surface area contributed by atoms with Gasteiger partial charge in [0.1, 0.15) is 11.3 Å². The number of hydrogen-bond donors (Lipinski definition) is 0. The summed E-state index contributed by atoms with van der Waals surface area (Å²) in [5.41, 5.74) is 2.89. The molecule has 2 heterocycles. The van der Waals surface area contributed by atoms with Gasteiger partial charge in [0.25, 0.3) is 0 Å². The van der Waals surface area contributed by atoms with Crippen LogP contribution in [-0.2, 0) is 22.0 Å². The summed E-state index contributed by atoms with van der Waals surface area (Å²) in [7, 11) is 1.85. The van der Waals surface area contributed by atoms with Crippen molar-refractivity contribution in [2.24, 2.45) is 0 Å². The minimum absolute atomic E-state index is 0.00491. The first-order chi connectivity index (χ1) is 11.0. The topological polar surface area (TPSA) is 64.8 Å². The molecule has 0 saturated carbocycles. The molecular formula is C16H18ClN3O2S. The SMILES string of the molecule is CCc1nc2cnc3ccccc3c2n1CCCCS(=O)(=O)Cl. The van der Waals surface area contributed by atoms with Crippen molar-refractivity contribution in [3.63, 3.8) is 0 Å². The van der Waals surface area contributed by atoms with Crippen LogP contribution >= 0.6 is 10.7 Å². The van der Waals surface area contributed by atoms with Crippen molar-refractivity contribution in [3.05, 3.63) is 36.3 Å². The number of nitrogens with zero attached hydrogens (tertiary/aromatic N) is 3. The summed E-state index contributed by atoms with van der Waals surface area (Å²) in [6.07, 6.45) is 3.89. The van der Waals surface area contributed by atoms with E-state index in [1.54, 1.807) is 6.20 Å². The maximum Gasteiger partial charge on any atom is 0.232 e. The molecule has 0 aliphatic heterocycles. The minimum atomic E-state index is -3.42. The minimum Gasteiger partial charge on any atom is -0.327 e. The van der Waals surface area contributed by atoms with Gasteiger partial charge >= 0.3 is 0 Å². The lowest BCUT2D eigenvalue weighted by Gasteiger charge is -2.09. The third-order valence-corrected chi connectivity index (χ3v) is 5.13. The van der Waals surface area contributed by atoms with E-state index in [9.17, 15) is 8.42 Å². The third kappa shape index (κ3) is 3.48. The molecule has 0 unspecified atom stereocenters. The Bertz CT molecular complexity index is 951. The Balaban J connectivity index is 1.98. The first kappa shape index (κ1) is 16.2. The van der Waals surface area contributed by atoms with E-state index in [1.807, 2.05) is 24.3 Å². The fourth-order valence-corrected chi connectivity index (χ4v) is 3.74. The molecule has 122 valence electrons. The second kappa shape index (κ2) is 6.45. The van der Waals surface area contributed by atoms with Gasteiger partial charge in [-0.1, -0.05) is 25.1 Å². The number of aryl methyl sites for hydroxylation is 2. The molecule has 1 aromatic carbocycles. The van der Waals surface area contributed by atoms with Crippen molar-refractivity contribution < 1.29 is 8.42 Å². The summed E-state index contributed by atoms with van der Waals surface area (Å²) >= 11 is 0. The van der Waals surface area contributed by atoms with Crippen LogP contribution in [0.3, 0.4) is 0 Å². The fraction of sp³-hybridized carbons (Fsp3) is 0.375. The average Bonchev–Trinajstić information content (AvgIpc) is 2.89. The van der Waals surface area contributed by atoms with E-state index in [0.717, 1.165) is 47.1 Å². The lowest BCUT2D eigenvalue weighted by atomic mass is 10.2. The molecule has 0 bridgehead atoms. The lowest BCUT2D eigenvalue weighted by Crippen LogP contribution is -2.05. The van der Waals surface area contributed by atoms with Gasteiger partial charge in [0, 0.05) is 29.0 Å². The molecule has 3 rings (SSSR count). The molecule has 7 heteroatoms. The number of benzene rings is 1. The fourth-order valence-electron chi connectivity index (χ4n) is 2.87. The van der Waals surface area contributed by atoms with Crippen molar-refractivity contribution in [1.29, 1.82) is 0 Å². The number of unbranched alkanes of at least 4 members (excludes halogenated alkanes) is 1. The standard InChI is InChI=1S/C16H18ClN3O2S/c1-2-15-19-14-11-18-13-8-4-3-7-12(13)16(14)20(15)9-5-6-10-23(17,21)22/h3-4,7-8,11H,2,5-6,9-10H2,1H3. The van der Waals surface area contributed by atoms with Crippen molar-refractivity contribution >= 4 is 41.7 Å². The van der Waals surface area contributed by atoms with Gasteiger partial charge in [-0.05, 0) is 18.9 Å². The van der Waals surface area contributed by atoms with Crippen LogP contribution in [0.25, 0.3) is 21.9 Å². The van der Waals surface area contributed by atoms with Gasteiger partial charge in [-0.3, -0.25) is 4.98 Å². The highest BCUT2D eigenvalue weighted by Crippen LogP contribution is 2.25. The van der Waals surface area contributed by atoms with Gasteiger partial charge in [0.05, 0.1) is 23.0 Å². The largest absolute Gasteiger partial charge is 0.327 e. The Morgan fingerprint density at radius 2 is 1.96 bits per heavy atom. The Morgan fingerprint density at radius 1 is 1.17 bits per heavy atom. The molecule has 23 heavy (non-hydrogen) atoms. The summed E-state index contributed by atoms with van der Waals surface area (Å²) in [5, 5.41) is 1.07. The van der Waals surface area contributed by atoms with Crippen LogP contribution < -0.4 is 0 Å². The Labute approximate surface area is 139 Å². The number of hydrogen-bond acceptors (Lipinski definition) is 4. The molecule has 0 fully saturated rings. The van der Waals surface area contributed by atoms with Crippen LogP contribution in [0.1, 0.15) is 25.6 Å². The molecule has 0 saturated heterocycles. The van der Waals surface area contributed by atoms with E-state index in [-0.39, 0.29) is 5.75 Å². The summed E-state index contributed by atoms with van der Waals surface area (Å²) in [5.74, 6) is 0.997. The van der Waals surface area contributed by atoms with Crippen LogP contribution in [0.2, 0.25) is 0 Å². The molecule has 2 aromatic heterocycles. The maximum absolute atomic E-state index is 11.0. The quantitative estimate of drug-likeness (QED) is 0.503. The maximum atomic E-state index is 11.0. The van der Waals surface area contributed by atoms with Gasteiger partial charge in [0.2, 0.25) is 9.05 Å². The molecular weight excluding hydrogens is 334 g/mol. The summed E-state index contributed by atoms with van der Waals surface area (Å²) in [6.45, 7) is 2.79. The molecule has 0 aliphatic carbocycles. The van der Waals surface area contributed by atoms with Crippen LogP contribution in [0.5, 0.6) is 0 Å². The number of aromatic nitrogens is 3. The van der Waals surface area contributed by atoms with Crippen LogP contribution in [0.15, 0.2) is 30.5 Å². The number of imidazole rings is 1. The predicted molar refractivity (Wildman–Crippen MR) is 93.3 cm³/mol. The zero-order valence-corrected chi connectivity index (χ0v) is 14.4. The smallest absolute Gasteiger partial charge is 0.232 e. The Morgan fingerprint density at radius 3 is 2.70 bits per heavy atom. The van der Waals surface area contributed by atoms with E-state index in [0.29, 0.717) is 6.42 Å². The van der Waals surface area contributed by atoms with E-state index >= 15 is 0 Å². The highest BCUT2D eigenvalue weighted by molar-refractivity contribution is 8.13. The summed E-state index contributed by atoms with van der Waals surface area (Å²) in [4.78, 5) is 9.12. The first-order valence-electron chi connectivity index (χ1n) is 7.65. The number of rotatable bonds is 6. The molecule has 0 N–H and O–H groups in total. The zero-order valence-electron chi connectivity index (χ0n) is 12.9. The van der Waals surface area contributed by atoms with Crippen molar-refractivity contribution in [2.45, 2.75) is 32.7 Å². The highest BCUT2D eigenvalue weighted by Gasteiger charge is 2.13. The molecule has 0 amide bonds. The molecule has 5 nitrogen and oxygen atoms in total. The lowest BCUT2D eigenvalue weighted by molar-refractivity contribution is 0.592. The van der Waals surface area contributed by atoms with E-state index in [1.165, 1.54) is 0 Å². The van der Waals surface area contributed by atoms with Gasteiger partial charge in [-0.15, -0.1) is 0 Å². The van der Waals surface area contributed by atoms with E-state index < -0.39 is 9.05 Å². The second-order valence-corrected chi connectivity index (χ2v) is 8.39. The predicted octanol–water partition coefficient (Wildman–Crippen LogP) is 3.50. The van der Waals surface area contributed by atoms with Gasteiger partial charge in [0.15, 0.2) is 0 Å². The van der Waals surface area contributed by atoms with Crippen LogP contribution in [0, 0.1) is 0 Å².